The number of carbonyl (C=O) groups excluding carboxylic acids is 1. The molecule has 3 heterocycles. The maximum Gasteiger partial charge on any atom is 0.254 e. The molecule has 0 atom stereocenters. The highest BCUT2D eigenvalue weighted by Crippen LogP contribution is 2.14. The maximum absolute atomic E-state index is 12.0. The van der Waals surface area contributed by atoms with Crippen LogP contribution in [0.2, 0.25) is 0 Å². The number of carbonyl (C=O) groups is 1. The first-order chi connectivity index (χ1) is 11.3. The molecular formula is C16H20N6O. The highest BCUT2D eigenvalue weighted by molar-refractivity contribution is 5.93. The summed E-state index contributed by atoms with van der Waals surface area (Å²) in [5.41, 5.74) is 1.41. The van der Waals surface area contributed by atoms with Crippen molar-refractivity contribution in [3.63, 3.8) is 0 Å². The van der Waals surface area contributed by atoms with Crippen molar-refractivity contribution in [2.24, 2.45) is 0 Å². The van der Waals surface area contributed by atoms with E-state index < -0.39 is 0 Å². The van der Waals surface area contributed by atoms with Crippen molar-refractivity contribution in [3.05, 3.63) is 42.5 Å². The lowest BCUT2D eigenvalue weighted by atomic mass is 10.3. The molecule has 23 heavy (non-hydrogen) atoms. The van der Waals surface area contributed by atoms with Crippen LogP contribution in [-0.2, 0) is 0 Å². The van der Waals surface area contributed by atoms with Gasteiger partial charge in [-0.15, -0.1) is 0 Å². The normalized spacial score (nSPS) is 13.8. The Morgan fingerprint density at radius 1 is 1.13 bits per heavy atom. The Kier molecular flexibility index (Phi) is 4.98. The second-order valence-corrected chi connectivity index (χ2v) is 5.39. The van der Waals surface area contributed by atoms with Crippen molar-refractivity contribution in [1.29, 1.82) is 0 Å². The number of hydrogen-bond donors (Lipinski definition) is 2. The summed E-state index contributed by atoms with van der Waals surface area (Å²) in [4.78, 5) is 26.8. The zero-order chi connectivity index (χ0) is 15.9. The topological polar surface area (TPSA) is 83.0 Å². The second kappa shape index (κ2) is 7.53. The van der Waals surface area contributed by atoms with Crippen molar-refractivity contribution >= 4 is 17.5 Å². The average Bonchev–Trinajstić information content (AvgIpc) is 3.14. The first-order valence-corrected chi connectivity index (χ1v) is 7.82. The Morgan fingerprint density at radius 3 is 2.61 bits per heavy atom. The monoisotopic (exact) mass is 312 g/mol. The molecule has 1 saturated heterocycles. The predicted molar refractivity (Wildman–Crippen MR) is 88.5 cm³/mol. The number of nitrogens with zero attached hydrogens (tertiary/aromatic N) is 4. The first kappa shape index (κ1) is 15.2. The van der Waals surface area contributed by atoms with E-state index in [0.717, 1.165) is 18.8 Å². The minimum Gasteiger partial charge on any atom is -0.382 e. The molecule has 0 spiro atoms. The second-order valence-electron chi connectivity index (χ2n) is 5.39. The summed E-state index contributed by atoms with van der Waals surface area (Å²) in [6.45, 7) is 3.13. The van der Waals surface area contributed by atoms with E-state index in [4.69, 9.17) is 0 Å². The number of pyridine rings is 1. The number of hydrogen-bond acceptors (Lipinski definition) is 6. The molecule has 1 amide bonds. The zero-order valence-corrected chi connectivity index (χ0v) is 12.9. The van der Waals surface area contributed by atoms with Crippen LogP contribution < -0.4 is 15.5 Å². The molecule has 3 rings (SSSR count). The maximum atomic E-state index is 12.0. The molecule has 120 valence electrons. The van der Waals surface area contributed by atoms with Gasteiger partial charge in [-0.25, -0.2) is 9.97 Å². The quantitative estimate of drug-likeness (QED) is 0.783. The molecule has 0 unspecified atom stereocenters. The average molecular weight is 312 g/mol. The number of anilines is 2. The summed E-state index contributed by atoms with van der Waals surface area (Å²) in [5.74, 6) is 0.545. The van der Waals surface area contributed by atoms with Crippen LogP contribution in [0.15, 0.2) is 36.9 Å². The standard InChI is InChI=1S/C16H20N6O/c23-15(19-7-6-18-14-4-3-5-17-12-14)13-10-20-16(21-11-13)22-8-1-2-9-22/h3-5,10-12,18H,1-2,6-9H2,(H,19,23). The van der Waals surface area contributed by atoms with Crippen molar-refractivity contribution < 1.29 is 4.79 Å². The van der Waals surface area contributed by atoms with Gasteiger partial charge in [0.25, 0.3) is 5.91 Å². The van der Waals surface area contributed by atoms with Crippen LogP contribution in [0.4, 0.5) is 11.6 Å². The van der Waals surface area contributed by atoms with Crippen LogP contribution in [0.25, 0.3) is 0 Å². The van der Waals surface area contributed by atoms with E-state index in [9.17, 15) is 4.79 Å². The fraction of sp³-hybridized carbons (Fsp3) is 0.375. The third kappa shape index (κ3) is 4.15. The number of nitrogens with one attached hydrogen (secondary N) is 2. The van der Waals surface area contributed by atoms with Crippen LogP contribution in [0, 0.1) is 0 Å². The van der Waals surface area contributed by atoms with Gasteiger partial charge in [-0.1, -0.05) is 0 Å². The molecule has 1 fully saturated rings. The number of rotatable bonds is 6. The molecule has 2 aromatic heterocycles. The van der Waals surface area contributed by atoms with Crippen LogP contribution in [0.1, 0.15) is 23.2 Å². The van der Waals surface area contributed by atoms with E-state index in [1.807, 2.05) is 12.1 Å². The Labute approximate surface area is 135 Å². The predicted octanol–water partition coefficient (Wildman–Crippen LogP) is 1.31. The number of amides is 1. The third-order valence-corrected chi connectivity index (χ3v) is 3.69. The van der Waals surface area contributed by atoms with E-state index in [1.165, 1.54) is 12.8 Å². The molecule has 7 nitrogen and oxygen atoms in total. The third-order valence-electron chi connectivity index (χ3n) is 3.69. The van der Waals surface area contributed by atoms with E-state index >= 15 is 0 Å². The number of aromatic nitrogens is 3. The summed E-state index contributed by atoms with van der Waals surface area (Å²) in [6, 6.07) is 3.79. The van der Waals surface area contributed by atoms with Crippen molar-refractivity contribution in [3.8, 4) is 0 Å². The molecule has 2 N–H and O–H groups in total. The van der Waals surface area contributed by atoms with Crippen LogP contribution >= 0.6 is 0 Å². The molecule has 0 bridgehead atoms. The SMILES string of the molecule is O=C(NCCNc1cccnc1)c1cnc(N2CCCC2)nc1. The summed E-state index contributed by atoms with van der Waals surface area (Å²) >= 11 is 0. The van der Waals surface area contributed by atoms with Crippen LogP contribution in [0.5, 0.6) is 0 Å². The van der Waals surface area contributed by atoms with Gasteiger partial charge in [0.15, 0.2) is 0 Å². The van der Waals surface area contributed by atoms with E-state index in [0.29, 0.717) is 24.6 Å². The van der Waals surface area contributed by atoms with Crippen LogP contribution in [0.3, 0.4) is 0 Å². The molecule has 0 saturated carbocycles. The summed E-state index contributed by atoms with van der Waals surface area (Å²) in [6.07, 6.45) is 8.99. The van der Waals surface area contributed by atoms with Gasteiger partial charge in [0.05, 0.1) is 11.3 Å². The van der Waals surface area contributed by atoms with E-state index in [2.05, 4.69) is 30.5 Å². The Hall–Kier alpha value is -2.70. The van der Waals surface area contributed by atoms with Gasteiger partial charge in [-0.05, 0) is 25.0 Å². The molecule has 1 aliphatic rings. The molecule has 2 aromatic rings. The summed E-state index contributed by atoms with van der Waals surface area (Å²) in [7, 11) is 0. The van der Waals surface area contributed by atoms with Gasteiger partial charge >= 0.3 is 0 Å². The van der Waals surface area contributed by atoms with Crippen LogP contribution in [-0.4, -0.2) is 47.0 Å². The molecule has 7 heteroatoms. The van der Waals surface area contributed by atoms with Gasteiger partial charge in [-0.3, -0.25) is 9.78 Å². The minimum atomic E-state index is -0.161. The highest BCUT2D eigenvalue weighted by atomic mass is 16.1. The largest absolute Gasteiger partial charge is 0.382 e. The molecule has 0 aliphatic carbocycles. The van der Waals surface area contributed by atoms with Crippen molar-refractivity contribution in [2.75, 3.05) is 36.4 Å². The first-order valence-electron chi connectivity index (χ1n) is 7.82. The Balaban J connectivity index is 1.44. The fourth-order valence-corrected chi connectivity index (χ4v) is 2.47. The van der Waals surface area contributed by atoms with Gasteiger partial charge < -0.3 is 15.5 Å². The molecule has 0 aromatic carbocycles. The lowest BCUT2D eigenvalue weighted by molar-refractivity contribution is 0.0954. The van der Waals surface area contributed by atoms with Crippen molar-refractivity contribution in [1.82, 2.24) is 20.3 Å². The molecule has 0 radical (unpaired) electrons. The van der Waals surface area contributed by atoms with Gasteiger partial charge in [0.2, 0.25) is 5.95 Å². The summed E-state index contributed by atoms with van der Waals surface area (Å²) in [5, 5.41) is 6.03. The summed E-state index contributed by atoms with van der Waals surface area (Å²) < 4.78 is 0. The van der Waals surface area contributed by atoms with Gasteiger partial charge in [0.1, 0.15) is 0 Å². The van der Waals surface area contributed by atoms with Gasteiger partial charge in [-0.2, -0.15) is 0 Å². The fourth-order valence-electron chi connectivity index (χ4n) is 2.47. The smallest absolute Gasteiger partial charge is 0.254 e. The minimum absolute atomic E-state index is 0.161. The lowest BCUT2D eigenvalue weighted by Crippen LogP contribution is -2.29. The van der Waals surface area contributed by atoms with E-state index in [-0.39, 0.29) is 5.91 Å². The molecular weight excluding hydrogens is 292 g/mol. The zero-order valence-electron chi connectivity index (χ0n) is 12.9. The lowest BCUT2D eigenvalue weighted by Gasteiger charge is -2.14. The van der Waals surface area contributed by atoms with Gasteiger partial charge in [0, 0.05) is 51.0 Å². The Bertz CT molecular complexity index is 625. The van der Waals surface area contributed by atoms with E-state index in [1.54, 1.807) is 24.8 Å². The van der Waals surface area contributed by atoms with Crippen molar-refractivity contribution in [2.45, 2.75) is 12.8 Å². The molecule has 1 aliphatic heterocycles. The highest BCUT2D eigenvalue weighted by Gasteiger charge is 2.15. The Morgan fingerprint density at radius 2 is 1.91 bits per heavy atom.